The third kappa shape index (κ3) is 4.08. The van der Waals surface area contributed by atoms with E-state index in [0.29, 0.717) is 13.1 Å². The Kier molecular flexibility index (Phi) is 4.58. The van der Waals surface area contributed by atoms with Gasteiger partial charge in [-0.2, -0.15) is 0 Å². The number of piperidine rings is 1. The molecule has 0 spiro atoms. The molecule has 0 radical (unpaired) electrons. The Hall–Kier alpha value is -1.26. The highest BCUT2D eigenvalue weighted by Gasteiger charge is 2.24. The van der Waals surface area contributed by atoms with Crippen molar-refractivity contribution >= 4 is 12.0 Å². The van der Waals surface area contributed by atoms with Gasteiger partial charge in [0.2, 0.25) is 5.91 Å². The second-order valence-electron chi connectivity index (χ2n) is 4.39. The first-order valence-electron chi connectivity index (χ1n) is 5.71. The Balaban J connectivity index is 2.31. The van der Waals surface area contributed by atoms with Crippen LogP contribution >= 0.6 is 0 Å². The van der Waals surface area contributed by atoms with Crippen molar-refractivity contribution in [3.63, 3.8) is 0 Å². The molecule has 1 N–H and O–H groups in total. The summed E-state index contributed by atoms with van der Waals surface area (Å²) in [4.78, 5) is 24.1. The van der Waals surface area contributed by atoms with Crippen molar-refractivity contribution in [2.75, 3.05) is 13.1 Å². The molecule has 0 aromatic carbocycles. The zero-order chi connectivity index (χ0) is 12.1. The molecule has 1 fully saturated rings. The molecule has 1 heterocycles. The minimum atomic E-state index is -0.253. The molecule has 0 unspecified atom stereocenters. The highest BCUT2D eigenvalue weighted by molar-refractivity contribution is 5.73. The quantitative estimate of drug-likeness (QED) is 0.770. The number of likely N-dealkylation sites (tertiary alicyclic amines) is 1. The maximum atomic E-state index is 11.6. The minimum Gasteiger partial charge on any atom is -0.447 e. The molecule has 0 aromatic rings. The first-order chi connectivity index (χ1) is 7.49. The van der Waals surface area contributed by atoms with E-state index in [-0.39, 0.29) is 24.1 Å². The average Bonchev–Trinajstić information content (AvgIpc) is 2.16. The predicted molar refractivity (Wildman–Crippen MR) is 60.0 cm³/mol. The standard InChI is InChI=1S/C11H20N2O3/c1-8(2)16-11(15)13-6-4-10(5-7-13)12-9(3)14/h8,10H,4-7H2,1-3H3,(H,12,14). The van der Waals surface area contributed by atoms with Gasteiger partial charge in [0.1, 0.15) is 0 Å². The zero-order valence-electron chi connectivity index (χ0n) is 10.2. The lowest BCUT2D eigenvalue weighted by molar-refractivity contribution is -0.119. The summed E-state index contributed by atoms with van der Waals surface area (Å²) < 4.78 is 5.11. The van der Waals surface area contributed by atoms with Gasteiger partial charge in [-0.15, -0.1) is 0 Å². The highest BCUT2D eigenvalue weighted by Crippen LogP contribution is 2.12. The average molecular weight is 228 g/mol. The number of amides is 2. The van der Waals surface area contributed by atoms with E-state index in [1.807, 2.05) is 13.8 Å². The van der Waals surface area contributed by atoms with Crippen molar-refractivity contribution < 1.29 is 14.3 Å². The van der Waals surface area contributed by atoms with E-state index in [0.717, 1.165) is 12.8 Å². The maximum absolute atomic E-state index is 11.6. The fourth-order valence-electron chi connectivity index (χ4n) is 1.77. The summed E-state index contributed by atoms with van der Waals surface area (Å²) in [6, 6.07) is 0.195. The number of nitrogens with zero attached hydrogens (tertiary/aromatic N) is 1. The fourth-order valence-corrected chi connectivity index (χ4v) is 1.77. The van der Waals surface area contributed by atoms with Crippen molar-refractivity contribution in [3.05, 3.63) is 0 Å². The summed E-state index contributed by atoms with van der Waals surface area (Å²) in [5.41, 5.74) is 0. The van der Waals surface area contributed by atoms with Crippen LogP contribution in [0.25, 0.3) is 0 Å². The molecule has 16 heavy (non-hydrogen) atoms. The molecule has 5 nitrogen and oxygen atoms in total. The van der Waals surface area contributed by atoms with E-state index < -0.39 is 0 Å². The Morgan fingerprint density at radius 2 is 1.88 bits per heavy atom. The van der Waals surface area contributed by atoms with Crippen LogP contribution in [0, 0.1) is 0 Å². The van der Waals surface area contributed by atoms with Crippen LogP contribution in [0.5, 0.6) is 0 Å². The fraction of sp³-hybridized carbons (Fsp3) is 0.818. The molecule has 5 heteroatoms. The van der Waals surface area contributed by atoms with Crippen LogP contribution in [0.1, 0.15) is 33.6 Å². The highest BCUT2D eigenvalue weighted by atomic mass is 16.6. The van der Waals surface area contributed by atoms with Gasteiger partial charge in [0.05, 0.1) is 6.10 Å². The third-order valence-electron chi connectivity index (χ3n) is 2.50. The number of hydrogen-bond donors (Lipinski definition) is 1. The second kappa shape index (κ2) is 5.72. The Bertz CT molecular complexity index is 258. The van der Waals surface area contributed by atoms with E-state index in [1.165, 1.54) is 6.92 Å². The Morgan fingerprint density at radius 1 is 1.31 bits per heavy atom. The smallest absolute Gasteiger partial charge is 0.410 e. The molecule has 92 valence electrons. The number of rotatable bonds is 2. The summed E-state index contributed by atoms with van der Waals surface area (Å²) >= 11 is 0. The Labute approximate surface area is 96.1 Å². The summed E-state index contributed by atoms with van der Waals surface area (Å²) in [6.07, 6.45) is 1.26. The molecule has 0 atom stereocenters. The van der Waals surface area contributed by atoms with Crippen LogP contribution in [0.3, 0.4) is 0 Å². The van der Waals surface area contributed by atoms with Gasteiger partial charge in [0.25, 0.3) is 0 Å². The van der Waals surface area contributed by atoms with Crippen molar-refractivity contribution in [2.24, 2.45) is 0 Å². The van der Waals surface area contributed by atoms with Gasteiger partial charge in [-0.1, -0.05) is 0 Å². The lowest BCUT2D eigenvalue weighted by Crippen LogP contribution is -2.46. The molecular weight excluding hydrogens is 208 g/mol. The molecule has 0 saturated carbocycles. The van der Waals surface area contributed by atoms with Crippen molar-refractivity contribution in [1.82, 2.24) is 10.2 Å². The molecule has 2 amide bonds. The van der Waals surface area contributed by atoms with Crippen molar-refractivity contribution in [2.45, 2.75) is 45.8 Å². The summed E-state index contributed by atoms with van der Waals surface area (Å²) in [5, 5.41) is 2.86. The van der Waals surface area contributed by atoms with Gasteiger partial charge in [-0.25, -0.2) is 4.79 Å². The number of nitrogens with one attached hydrogen (secondary N) is 1. The van der Waals surface area contributed by atoms with Gasteiger partial charge in [0.15, 0.2) is 0 Å². The largest absolute Gasteiger partial charge is 0.447 e. The lowest BCUT2D eigenvalue weighted by atomic mass is 10.1. The van der Waals surface area contributed by atoms with Crippen molar-refractivity contribution in [1.29, 1.82) is 0 Å². The second-order valence-corrected chi connectivity index (χ2v) is 4.39. The van der Waals surface area contributed by atoms with Crippen molar-refractivity contribution in [3.8, 4) is 0 Å². The Morgan fingerprint density at radius 3 is 2.31 bits per heavy atom. The molecule has 1 saturated heterocycles. The SMILES string of the molecule is CC(=O)NC1CCN(C(=O)OC(C)C)CC1. The number of carbonyl (C=O) groups excluding carboxylic acids is 2. The molecule has 1 rings (SSSR count). The predicted octanol–water partition coefficient (Wildman–Crippen LogP) is 1.13. The molecule has 1 aliphatic rings. The summed E-state index contributed by atoms with van der Waals surface area (Å²) in [6.45, 7) is 6.48. The van der Waals surface area contributed by atoms with Gasteiger partial charge in [0, 0.05) is 26.1 Å². The first-order valence-corrected chi connectivity index (χ1v) is 5.71. The summed E-state index contributed by atoms with van der Waals surface area (Å²) in [5.74, 6) is -0.0109. The lowest BCUT2D eigenvalue weighted by Gasteiger charge is -2.31. The molecule has 1 aliphatic heterocycles. The topological polar surface area (TPSA) is 58.6 Å². The van der Waals surface area contributed by atoms with Gasteiger partial charge < -0.3 is 15.0 Å². The minimum absolute atomic E-state index is 0.0109. The number of ether oxygens (including phenoxy) is 1. The van der Waals surface area contributed by atoms with E-state index in [2.05, 4.69) is 5.32 Å². The zero-order valence-corrected chi connectivity index (χ0v) is 10.2. The number of hydrogen-bond acceptors (Lipinski definition) is 3. The van der Waals surface area contributed by atoms with Crippen LogP contribution in [0.15, 0.2) is 0 Å². The van der Waals surface area contributed by atoms with Gasteiger partial charge >= 0.3 is 6.09 Å². The van der Waals surface area contributed by atoms with Gasteiger partial charge in [-0.05, 0) is 26.7 Å². The molecule has 0 aromatic heterocycles. The third-order valence-corrected chi connectivity index (χ3v) is 2.50. The van der Waals surface area contributed by atoms with Crippen LogP contribution < -0.4 is 5.32 Å². The maximum Gasteiger partial charge on any atom is 0.410 e. The van der Waals surface area contributed by atoms with Crippen LogP contribution in [-0.4, -0.2) is 42.1 Å². The van der Waals surface area contributed by atoms with Crippen LogP contribution in [-0.2, 0) is 9.53 Å². The van der Waals surface area contributed by atoms with Crippen LogP contribution in [0.4, 0.5) is 4.79 Å². The van der Waals surface area contributed by atoms with E-state index >= 15 is 0 Å². The van der Waals surface area contributed by atoms with E-state index in [4.69, 9.17) is 4.74 Å². The normalized spacial score (nSPS) is 17.4. The summed E-state index contributed by atoms with van der Waals surface area (Å²) in [7, 11) is 0. The van der Waals surface area contributed by atoms with E-state index in [9.17, 15) is 9.59 Å². The van der Waals surface area contributed by atoms with E-state index in [1.54, 1.807) is 4.90 Å². The molecule has 0 bridgehead atoms. The first kappa shape index (κ1) is 12.8. The molecular formula is C11H20N2O3. The van der Waals surface area contributed by atoms with Crippen LogP contribution in [0.2, 0.25) is 0 Å². The molecule has 0 aliphatic carbocycles. The number of carbonyl (C=O) groups is 2. The van der Waals surface area contributed by atoms with Gasteiger partial charge in [-0.3, -0.25) is 4.79 Å². The monoisotopic (exact) mass is 228 g/mol.